The average molecular weight is 494 g/mol. The van der Waals surface area contributed by atoms with E-state index in [1.165, 1.54) is 18.7 Å². The Hall–Kier alpha value is -3.68. The largest absolute Gasteiger partial charge is 0.493 e. The maximum absolute atomic E-state index is 12.7. The molecule has 0 aromatic heterocycles. The Morgan fingerprint density at radius 3 is 2.31 bits per heavy atom. The Labute approximate surface area is 210 Å². The van der Waals surface area contributed by atoms with E-state index in [0.29, 0.717) is 29.0 Å². The molecule has 4 rings (SSSR count). The molecule has 0 radical (unpaired) electrons. The number of nitrogens with zero attached hydrogens (tertiary/aromatic N) is 1. The first-order valence-corrected chi connectivity index (χ1v) is 12.4. The molecule has 1 aliphatic heterocycles. The van der Waals surface area contributed by atoms with Crippen molar-refractivity contribution in [2.75, 3.05) is 13.2 Å². The molecule has 0 bridgehead atoms. The minimum Gasteiger partial charge on any atom is -0.493 e. The Bertz CT molecular complexity index is 1110. The molecule has 1 heterocycles. The van der Waals surface area contributed by atoms with Crippen molar-refractivity contribution in [3.05, 3.63) is 65.2 Å². The lowest BCUT2D eigenvalue weighted by atomic mass is 9.87. The number of hydrogen-bond acceptors (Lipinski definition) is 7. The van der Waals surface area contributed by atoms with Gasteiger partial charge in [-0.05, 0) is 49.1 Å². The summed E-state index contributed by atoms with van der Waals surface area (Å²) in [7, 11) is 0. The van der Waals surface area contributed by atoms with Crippen LogP contribution in [0.25, 0.3) is 0 Å². The van der Waals surface area contributed by atoms with Crippen molar-refractivity contribution in [3.8, 4) is 5.75 Å². The van der Waals surface area contributed by atoms with Gasteiger partial charge in [0.15, 0.2) is 0 Å². The van der Waals surface area contributed by atoms with Crippen LogP contribution >= 0.6 is 0 Å². The lowest BCUT2D eigenvalue weighted by Crippen LogP contribution is -2.33. The summed E-state index contributed by atoms with van der Waals surface area (Å²) in [5.41, 5.74) is 1.48. The van der Waals surface area contributed by atoms with Gasteiger partial charge >= 0.3 is 11.9 Å². The molecule has 0 saturated heterocycles. The topological polar surface area (TPSA) is 99.2 Å². The second kappa shape index (κ2) is 11.4. The normalized spacial score (nSPS) is 20.0. The summed E-state index contributed by atoms with van der Waals surface area (Å²) in [6, 6.07) is 14.0. The van der Waals surface area contributed by atoms with Crippen molar-refractivity contribution in [1.29, 1.82) is 0 Å². The number of esters is 2. The number of hydrogen-bond donors (Lipinski definition) is 0. The molecular formula is C28H31NO7. The van der Waals surface area contributed by atoms with E-state index in [1.807, 2.05) is 18.2 Å². The molecule has 1 saturated carbocycles. The lowest BCUT2D eigenvalue weighted by molar-refractivity contribution is -0.151. The molecule has 0 unspecified atom stereocenters. The van der Waals surface area contributed by atoms with Crippen LogP contribution in [0.15, 0.2) is 48.5 Å². The van der Waals surface area contributed by atoms with Crippen LogP contribution in [-0.2, 0) is 19.1 Å². The monoisotopic (exact) mass is 493 g/mol. The third-order valence-corrected chi connectivity index (χ3v) is 6.65. The van der Waals surface area contributed by atoms with Gasteiger partial charge in [-0.1, -0.05) is 30.7 Å². The number of imide groups is 1. The van der Waals surface area contributed by atoms with E-state index < -0.39 is 12.1 Å². The number of ether oxygens (including phenoxy) is 3. The highest BCUT2D eigenvalue weighted by Gasteiger charge is 2.35. The van der Waals surface area contributed by atoms with Gasteiger partial charge in [0, 0.05) is 32.7 Å². The van der Waals surface area contributed by atoms with Gasteiger partial charge in [-0.2, -0.15) is 0 Å². The standard InChI is InChI=1S/C28H31NO7/c1-18(30)35-25-13-6-3-8-21(25)17-34-22-10-7-9-20(16-22)26(36-19(2)31)14-15-29-27(32)23-11-4-5-12-24(23)28(29)33/h4-5,7,9-12,16,21,25-26H,3,6,8,13-15,17H2,1-2H3/t21-,25+,26+/m0/s1. The number of carbonyl (C=O) groups excluding carboxylic acids is 4. The minimum absolute atomic E-state index is 0.113. The van der Waals surface area contributed by atoms with Gasteiger partial charge in [-0.25, -0.2) is 0 Å². The maximum atomic E-state index is 12.7. The van der Waals surface area contributed by atoms with E-state index in [9.17, 15) is 19.2 Å². The Balaban J connectivity index is 1.42. The fourth-order valence-corrected chi connectivity index (χ4v) is 4.92. The summed E-state index contributed by atoms with van der Waals surface area (Å²) in [5, 5.41) is 0. The number of benzene rings is 2. The molecule has 190 valence electrons. The Kier molecular flexibility index (Phi) is 8.03. The van der Waals surface area contributed by atoms with Crippen LogP contribution in [-0.4, -0.2) is 47.9 Å². The molecule has 0 spiro atoms. The third kappa shape index (κ3) is 5.93. The van der Waals surface area contributed by atoms with Crippen molar-refractivity contribution >= 4 is 23.8 Å². The lowest BCUT2D eigenvalue weighted by Gasteiger charge is -2.30. The molecule has 0 N–H and O–H groups in total. The summed E-state index contributed by atoms with van der Waals surface area (Å²) in [4.78, 5) is 49.9. The zero-order chi connectivity index (χ0) is 25.7. The van der Waals surface area contributed by atoms with Crippen molar-refractivity contribution in [3.63, 3.8) is 0 Å². The van der Waals surface area contributed by atoms with Gasteiger partial charge in [0.1, 0.15) is 18.0 Å². The third-order valence-electron chi connectivity index (χ3n) is 6.65. The van der Waals surface area contributed by atoms with Gasteiger partial charge < -0.3 is 14.2 Å². The molecular weight excluding hydrogens is 462 g/mol. The van der Waals surface area contributed by atoms with E-state index >= 15 is 0 Å². The van der Waals surface area contributed by atoms with Gasteiger partial charge in [-0.3, -0.25) is 24.1 Å². The highest BCUT2D eigenvalue weighted by Crippen LogP contribution is 2.31. The van der Waals surface area contributed by atoms with E-state index in [-0.39, 0.29) is 42.8 Å². The van der Waals surface area contributed by atoms with E-state index in [4.69, 9.17) is 14.2 Å². The van der Waals surface area contributed by atoms with Crippen molar-refractivity contribution in [1.82, 2.24) is 4.90 Å². The zero-order valence-corrected chi connectivity index (χ0v) is 20.6. The number of rotatable bonds is 9. The fraction of sp³-hybridized carbons (Fsp3) is 0.429. The molecule has 1 fully saturated rings. The van der Waals surface area contributed by atoms with Gasteiger partial charge in [0.2, 0.25) is 0 Å². The minimum atomic E-state index is -0.654. The van der Waals surface area contributed by atoms with Crippen molar-refractivity contribution in [2.45, 2.75) is 58.2 Å². The number of fused-ring (bicyclic) bond motifs is 1. The summed E-state index contributed by atoms with van der Waals surface area (Å²) in [5.74, 6) is -0.702. The summed E-state index contributed by atoms with van der Waals surface area (Å²) in [6.07, 6.45) is 3.31. The zero-order valence-electron chi connectivity index (χ0n) is 20.6. The van der Waals surface area contributed by atoms with E-state index in [2.05, 4.69) is 0 Å². The van der Waals surface area contributed by atoms with Crippen LogP contribution in [0.1, 0.15) is 78.3 Å². The van der Waals surface area contributed by atoms with Crippen LogP contribution < -0.4 is 4.74 Å². The molecule has 8 nitrogen and oxygen atoms in total. The second-order valence-corrected chi connectivity index (χ2v) is 9.27. The Morgan fingerprint density at radius 1 is 0.944 bits per heavy atom. The van der Waals surface area contributed by atoms with Crippen LogP contribution in [0.2, 0.25) is 0 Å². The highest BCUT2D eigenvalue weighted by atomic mass is 16.5. The number of amides is 2. The second-order valence-electron chi connectivity index (χ2n) is 9.27. The van der Waals surface area contributed by atoms with Gasteiger partial charge in [0.25, 0.3) is 11.8 Å². The average Bonchev–Trinajstić information content (AvgIpc) is 3.10. The number of carbonyl (C=O) groups is 4. The predicted molar refractivity (Wildman–Crippen MR) is 130 cm³/mol. The first-order chi connectivity index (χ1) is 17.3. The van der Waals surface area contributed by atoms with Crippen LogP contribution in [0.3, 0.4) is 0 Å². The Morgan fingerprint density at radius 2 is 1.64 bits per heavy atom. The molecule has 2 aliphatic rings. The molecule has 2 amide bonds. The quantitative estimate of drug-likeness (QED) is 0.375. The van der Waals surface area contributed by atoms with Crippen LogP contribution in [0.4, 0.5) is 0 Å². The molecule has 36 heavy (non-hydrogen) atoms. The van der Waals surface area contributed by atoms with Crippen molar-refractivity contribution in [2.24, 2.45) is 5.92 Å². The predicted octanol–water partition coefficient (Wildman–Crippen LogP) is 4.48. The summed E-state index contributed by atoms with van der Waals surface area (Å²) < 4.78 is 17.1. The van der Waals surface area contributed by atoms with Crippen LogP contribution in [0.5, 0.6) is 5.75 Å². The first kappa shape index (κ1) is 25.4. The molecule has 8 heteroatoms. The highest BCUT2D eigenvalue weighted by molar-refractivity contribution is 6.21. The van der Waals surface area contributed by atoms with Gasteiger partial charge in [0.05, 0.1) is 17.7 Å². The van der Waals surface area contributed by atoms with E-state index in [0.717, 1.165) is 25.7 Å². The van der Waals surface area contributed by atoms with Crippen LogP contribution in [0, 0.1) is 5.92 Å². The molecule has 2 aromatic carbocycles. The maximum Gasteiger partial charge on any atom is 0.303 e. The molecule has 3 atom stereocenters. The van der Waals surface area contributed by atoms with Gasteiger partial charge in [-0.15, -0.1) is 0 Å². The summed E-state index contributed by atoms with van der Waals surface area (Å²) in [6.45, 7) is 3.27. The van der Waals surface area contributed by atoms with Crippen molar-refractivity contribution < 1.29 is 33.4 Å². The molecule has 1 aliphatic carbocycles. The van der Waals surface area contributed by atoms with E-state index in [1.54, 1.807) is 30.3 Å². The SMILES string of the molecule is CC(=O)O[C@H](CCN1C(=O)c2ccccc2C1=O)c1cccc(OC[C@@H]2CCCC[C@H]2OC(C)=O)c1. The smallest absolute Gasteiger partial charge is 0.303 e. The molecule has 2 aromatic rings. The summed E-state index contributed by atoms with van der Waals surface area (Å²) >= 11 is 0. The first-order valence-electron chi connectivity index (χ1n) is 12.4. The fourth-order valence-electron chi connectivity index (χ4n) is 4.92.